The lowest BCUT2D eigenvalue weighted by Gasteiger charge is -1.99. The summed E-state index contributed by atoms with van der Waals surface area (Å²) in [6, 6.07) is 0.412. The highest BCUT2D eigenvalue weighted by molar-refractivity contribution is 4.72. The van der Waals surface area contributed by atoms with Gasteiger partial charge < -0.3 is 5.11 Å². The molecule has 0 amide bonds. The molecule has 1 saturated heterocycles. The Morgan fingerprint density at radius 2 is 2.43 bits per heavy atom. The first kappa shape index (κ1) is 5.03. The molecule has 0 aromatic rings. The van der Waals surface area contributed by atoms with Crippen LogP contribution in [0.5, 0.6) is 0 Å². The second kappa shape index (κ2) is 1.78. The molecule has 1 heterocycles. The maximum Gasteiger partial charge on any atom is 0.160 e. The van der Waals surface area contributed by atoms with E-state index in [-0.39, 0.29) is 0 Å². The van der Waals surface area contributed by atoms with E-state index in [2.05, 4.69) is 10.6 Å². The normalized spacial score (nSPS) is 42.0. The van der Waals surface area contributed by atoms with Crippen LogP contribution in [0.2, 0.25) is 0 Å². The van der Waals surface area contributed by atoms with Gasteiger partial charge in [0, 0.05) is 12.6 Å². The molecule has 0 aliphatic carbocycles. The van der Waals surface area contributed by atoms with Crippen LogP contribution in [-0.2, 0) is 0 Å². The van der Waals surface area contributed by atoms with Gasteiger partial charge in [-0.1, -0.05) is 0 Å². The fourth-order valence-corrected chi connectivity index (χ4v) is 0.676. The number of aliphatic hydroxyl groups is 1. The minimum absolute atomic E-state index is 0.412. The summed E-state index contributed by atoms with van der Waals surface area (Å²) >= 11 is 0. The maximum atomic E-state index is 8.68. The van der Waals surface area contributed by atoms with Crippen molar-refractivity contribution in [2.45, 2.75) is 19.3 Å². The fraction of sp³-hybridized carbons (Fsp3) is 1.00. The highest BCUT2D eigenvalue weighted by Crippen LogP contribution is 1.87. The Kier molecular flexibility index (Phi) is 1.27. The van der Waals surface area contributed by atoms with Gasteiger partial charge in [0.1, 0.15) is 0 Å². The molecule has 3 N–H and O–H groups in total. The Balaban J connectivity index is 2.26. The minimum Gasteiger partial charge on any atom is -0.365 e. The van der Waals surface area contributed by atoms with Gasteiger partial charge in [0.15, 0.2) is 6.35 Å². The van der Waals surface area contributed by atoms with E-state index in [1.807, 2.05) is 6.92 Å². The van der Waals surface area contributed by atoms with Crippen molar-refractivity contribution in [3.8, 4) is 0 Å². The monoisotopic (exact) mass is 102 g/mol. The predicted molar refractivity (Wildman–Crippen MR) is 26.6 cm³/mol. The van der Waals surface area contributed by atoms with Crippen LogP contribution in [0.3, 0.4) is 0 Å². The average molecular weight is 102 g/mol. The standard InChI is InChI=1S/C4H10N2O/c1-3-2-5-4(7)6-3/h3-7H,2H2,1H3/t3-,4?/m0/s1. The Hall–Kier alpha value is -0.120. The lowest BCUT2D eigenvalue weighted by atomic mass is 10.4. The first-order valence-corrected chi connectivity index (χ1v) is 2.46. The van der Waals surface area contributed by atoms with Gasteiger partial charge in [0.2, 0.25) is 0 Å². The summed E-state index contributed by atoms with van der Waals surface area (Å²) in [5.41, 5.74) is 0. The third kappa shape index (κ3) is 1.12. The number of hydrogen-bond donors (Lipinski definition) is 3. The zero-order chi connectivity index (χ0) is 5.28. The second-order valence-corrected chi connectivity index (χ2v) is 1.88. The molecular formula is C4H10N2O. The molecule has 1 aliphatic rings. The van der Waals surface area contributed by atoms with Crippen molar-refractivity contribution in [3.63, 3.8) is 0 Å². The third-order valence-electron chi connectivity index (χ3n) is 1.06. The zero-order valence-corrected chi connectivity index (χ0v) is 4.31. The third-order valence-corrected chi connectivity index (χ3v) is 1.06. The van der Waals surface area contributed by atoms with Crippen molar-refractivity contribution >= 4 is 0 Å². The van der Waals surface area contributed by atoms with Gasteiger partial charge in [-0.15, -0.1) is 0 Å². The molecule has 0 spiro atoms. The lowest BCUT2D eigenvalue weighted by molar-refractivity contribution is 0.134. The number of aliphatic hydroxyl groups excluding tert-OH is 1. The second-order valence-electron chi connectivity index (χ2n) is 1.88. The van der Waals surface area contributed by atoms with Crippen molar-refractivity contribution in [2.24, 2.45) is 0 Å². The molecule has 0 saturated carbocycles. The molecule has 1 unspecified atom stereocenters. The number of hydrogen-bond acceptors (Lipinski definition) is 3. The Labute approximate surface area is 42.7 Å². The SMILES string of the molecule is C[C@H]1CNC(O)N1. The van der Waals surface area contributed by atoms with Crippen LogP contribution in [0.25, 0.3) is 0 Å². The summed E-state index contributed by atoms with van der Waals surface area (Å²) in [7, 11) is 0. The summed E-state index contributed by atoms with van der Waals surface area (Å²) in [6.07, 6.45) is -0.477. The maximum absolute atomic E-state index is 8.68. The summed E-state index contributed by atoms with van der Waals surface area (Å²) in [5, 5.41) is 14.4. The Bertz CT molecular complexity index is 58.7. The summed E-state index contributed by atoms with van der Waals surface area (Å²) in [6.45, 7) is 2.88. The first-order chi connectivity index (χ1) is 3.29. The number of rotatable bonds is 0. The number of nitrogens with one attached hydrogen (secondary N) is 2. The zero-order valence-electron chi connectivity index (χ0n) is 4.31. The highest BCUT2D eigenvalue weighted by Gasteiger charge is 2.14. The molecule has 1 rings (SSSR count). The average Bonchev–Trinajstić information content (AvgIpc) is 1.87. The van der Waals surface area contributed by atoms with Gasteiger partial charge in [-0.3, -0.25) is 10.6 Å². The quantitative estimate of drug-likeness (QED) is 0.361. The predicted octanol–water partition coefficient (Wildman–Crippen LogP) is -1.16. The Morgan fingerprint density at radius 1 is 1.71 bits per heavy atom. The van der Waals surface area contributed by atoms with E-state index in [0.29, 0.717) is 6.04 Å². The van der Waals surface area contributed by atoms with Crippen molar-refractivity contribution in [1.82, 2.24) is 10.6 Å². The molecule has 0 bridgehead atoms. The van der Waals surface area contributed by atoms with E-state index in [1.54, 1.807) is 0 Å². The van der Waals surface area contributed by atoms with Crippen LogP contribution < -0.4 is 10.6 Å². The van der Waals surface area contributed by atoms with Crippen LogP contribution >= 0.6 is 0 Å². The molecule has 0 radical (unpaired) electrons. The molecule has 1 fully saturated rings. The van der Waals surface area contributed by atoms with Crippen molar-refractivity contribution in [3.05, 3.63) is 0 Å². The molecule has 3 heteroatoms. The molecule has 42 valence electrons. The molecule has 3 nitrogen and oxygen atoms in total. The molecule has 2 atom stereocenters. The van der Waals surface area contributed by atoms with Crippen LogP contribution in [0, 0.1) is 0 Å². The van der Waals surface area contributed by atoms with Gasteiger partial charge in [0.25, 0.3) is 0 Å². The summed E-state index contributed by atoms with van der Waals surface area (Å²) < 4.78 is 0. The Morgan fingerprint density at radius 3 is 2.57 bits per heavy atom. The van der Waals surface area contributed by atoms with Crippen LogP contribution in [-0.4, -0.2) is 24.0 Å². The van der Waals surface area contributed by atoms with Crippen LogP contribution in [0.4, 0.5) is 0 Å². The van der Waals surface area contributed by atoms with Gasteiger partial charge in [-0.25, -0.2) is 0 Å². The highest BCUT2D eigenvalue weighted by atomic mass is 16.3. The van der Waals surface area contributed by atoms with E-state index >= 15 is 0 Å². The van der Waals surface area contributed by atoms with Crippen LogP contribution in [0.15, 0.2) is 0 Å². The first-order valence-electron chi connectivity index (χ1n) is 2.46. The van der Waals surface area contributed by atoms with Gasteiger partial charge >= 0.3 is 0 Å². The van der Waals surface area contributed by atoms with Gasteiger partial charge in [0.05, 0.1) is 0 Å². The topological polar surface area (TPSA) is 44.3 Å². The van der Waals surface area contributed by atoms with Gasteiger partial charge in [-0.2, -0.15) is 0 Å². The fourth-order valence-electron chi connectivity index (χ4n) is 0.676. The molecule has 0 aromatic heterocycles. The summed E-state index contributed by atoms with van der Waals surface area (Å²) in [5.74, 6) is 0. The smallest absolute Gasteiger partial charge is 0.160 e. The van der Waals surface area contributed by atoms with Crippen LogP contribution in [0.1, 0.15) is 6.92 Å². The lowest BCUT2D eigenvalue weighted by Crippen LogP contribution is -2.31. The van der Waals surface area contributed by atoms with E-state index in [9.17, 15) is 0 Å². The van der Waals surface area contributed by atoms with Crippen molar-refractivity contribution in [2.75, 3.05) is 6.54 Å². The van der Waals surface area contributed by atoms with Crippen molar-refractivity contribution in [1.29, 1.82) is 0 Å². The van der Waals surface area contributed by atoms with E-state index < -0.39 is 6.35 Å². The summed E-state index contributed by atoms with van der Waals surface area (Å²) in [4.78, 5) is 0. The van der Waals surface area contributed by atoms with E-state index in [1.165, 1.54) is 0 Å². The van der Waals surface area contributed by atoms with Crippen molar-refractivity contribution < 1.29 is 5.11 Å². The van der Waals surface area contributed by atoms with E-state index in [0.717, 1.165) is 6.54 Å². The van der Waals surface area contributed by atoms with Gasteiger partial charge in [-0.05, 0) is 6.92 Å². The molecule has 1 aliphatic heterocycles. The van der Waals surface area contributed by atoms with E-state index in [4.69, 9.17) is 5.11 Å². The largest absolute Gasteiger partial charge is 0.365 e. The molecule has 7 heavy (non-hydrogen) atoms. The molecular weight excluding hydrogens is 92.1 g/mol. The molecule has 0 aromatic carbocycles. The minimum atomic E-state index is -0.477.